The standard InChI is InChI=1S/C19H16Cl2N2O2S/c1-22-17-16-12(11-2-4-13(20)14(21)10-11)3-5-15(24)18(16)26-19(17)23-6-8-25-9-7-23/h2,4,10,12H,3,5-9H2/t12-/m1/s1. The fraction of sp³-hybridized carbons (Fsp3) is 0.368. The normalized spacial score (nSPS) is 20.0. The van der Waals surface area contributed by atoms with Crippen molar-refractivity contribution >= 4 is 51.0 Å². The fourth-order valence-electron chi connectivity index (χ4n) is 3.64. The SMILES string of the molecule is [C-]#[N+]c1c(N2CCOCC2)sc2c1[C@@H](c1ccc(Cl)c(Cl)c1)CCC2=O. The van der Waals surface area contributed by atoms with Crippen molar-refractivity contribution in [2.75, 3.05) is 31.2 Å². The zero-order valence-electron chi connectivity index (χ0n) is 13.9. The van der Waals surface area contributed by atoms with Gasteiger partial charge < -0.3 is 9.64 Å². The number of benzene rings is 1. The minimum absolute atomic E-state index is 0.00685. The van der Waals surface area contributed by atoms with E-state index in [2.05, 4.69) is 9.74 Å². The molecule has 0 spiro atoms. The van der Waals surface area contributed by atoms with E-state index in [1.807, 2.05) is 12.1 Å². The molecule has 0 saturated carbocycles. The summed E-state index contributed by atoms with van der Waals surface area (Å²) < 4.78 is 5.42. The van der Waals surface area contributed by atoms with Crippen LogP contribution in [0.25, 0.3) is 4.85 Å². The van der Waals surface area contributed by atoms with Crippen LogP contribution in [0.3, 0.4) is 0 Å². The van der Waals surface area contributed by atoms with Crippen LogP contribution in [0.5, 0.6) is 0 Å². The third-order valence-electron chi connectivity index (χ3n) is 4.92. The zero-order chi connectivity index (χ0) is 18.3. The summed E-state index contributed by atoms with van der Waals surface area (Å²) in [7, 11) is 0. The first-order chi connectivity index (χ1) is 12.6. The van der Waals surface area contributed by atoms with Crippen LogP contribution in [0.1, 0.15) is 39.6 Å². The number of hydrogen-bond acceptors (Lipinski definition) is 4. The maximum Gasteiger partial charge on any atom is 0.225 e. The predicted molar refractivity (Wildman–Crippen MR) is 105 cm³/mol. The van der Waals surface area contributed by atoms with E-state index in [9.17, 15) is 4.79 Å². The summed E-state index contributed by atoms with van der Waals surface area (Å²) in [6.45, 7) is 10.5. The van der Waals surface area contributed by atoms with E-state index < -0.39 is 0 Å². The summed E-state index contributed by atoms with van der Waals surface area (Å²) in [4.78, 5) is 19.3. The third-order valence-corrected chi connectivity index (χ3v) is 6.95. The first-order valence-electron chi connectivity index (χ1n) is 8.45. The number of fused-ring (bicyclic) bond motifs is 1. The Morgan fingerprint density at radius 3 is 2.69 bits per heavy atom. The average Bonchev–Trinajstić information content (AvgIpc) is 3.06. The van der Waals surface area contributed by atoms with Crippen molar-refractivity contribution in [3.05, 3.63) is 55.7 Å². The molecule has 0 amide bonds. The van der Waals surface area contributed by atoms with Gasteiger partial charge in [-0.05, 0) is 29.7 Å². The number of carbonyl (C=O) groups is 1. The zero-order valence-corrected chi connectivity index (χ0v) is 16.3. The Morgan fingerprint density at radius 2 is 2.00 bits per heavy atom. The van der Waals surface area contributed by atoms with E-state index >= 15 is 0 Å². The number of halogens is 2. The van der Waals surface area contributed by atoms with Gasteiger partial charge in [-0.2, -0.15) is 0 Å². The van der Waals surface area contributed by atoms with Crippen molar-refractivity contribution in [1.82, 2.24) is 0 Å². The largest absolute Gasteiger partial charge is 0.378 e. The summed E-state index contributed by atoms with van der Waals surface area (Å²) in [5.74, 6) is 0.123. The van der Waals surface area contributed by atoms with Gasteiger partial charge in [-0.25, -0.2) is 4.85 Å². The third kappa shape index (κ3) is 3.01. The highest BCUT2D eigenvalue weighted by Gasteiger charge is 2.35. The molecule has 1 aliphatic carbocycles. The van der Waals surface area contributed by atoms with Gasteiger partial charge in [0.1, 0.15) is 0 Å². The van der Waals surface area contributed by atoms with Gasteiger partial charge in [0.15, 0.2) is 5.78 Å². The molecular formula is C19H16Cl2N2O2S. The molecule has 2 aromatic rings. The molecule has 4 nitrogen and oxygen atoms in total. The monoisotopic (exact) mass is 406 g/mol. The Morgan fingerprint density at radius 1 is 1.23 bits per heavy atom. The van der Waals surface area contributed by atoms with Crippen LogP contribution in [-0.2, 0) is 4.74 Å². The second-order valence-corrected chi connectivity index (χ2v) is 8.21. The van der Waals surface area contributed by atoms with Gasteiger partial charge in [0.2, 0.25) is 5.69 Å². The first-order valence-corrected chi connectivity index (χ1v) is 10.0. The van der Waals surface area contributed by atoms with Crippen LogP contribution < -0.4 is 4.90 Å². The summed E-state index contributed by atoms with van der Waals surface area (Å²) in [5, 5.41) is 1.90. The van der Waals surface area contributed by atoms with Crippen LogP contribution >= 0.6 is 34.5 Å². The molecule has 2 heterocycles. The maximum absolute atomic E-state index is 12.6. The predicted octanol–water partition coefficient (Wildman–Crippen LogP) is 5.55. The van der Waals surface area contributed by atoms with Crippen LogP contribution in [0.2, 0.25) is 10.0 Å². The molecule has 0 radical (unpaired) electrons. The molecule has 0 N–H and O–H groups in total. The Bertz CT molecular complexity index is 913. The topological polar surface area (TPSA) is 33.9 Å². The van der Waals surface area contributed by atoms with Crippen molar-refractivity contribution in [2.24, 2.45) is 0 Å². The Labute approximate surface area is 166 Å². The fourth-order valence-corrected chi connectivity index (χ4v) is 5.27. The smallest absolute Gasteiger partial charge is 0.225 e. The van der Waals surface area contributed by atoms with Gasteiger partial charge in [0.25, 0.3) is 0 Å². The van der Waals surface area contributed by atoms with Crippen LogP contribution in [0.15, 0.2) is 18.2 Å². The molecule has 26 heavy (non-hydrogen) atoms. The summed E-state index contributed by atoms with van der Waals surface area (Å²) in [5.41, 5.74) is 2.47. The second-order valence-electron chi connectivity index (χ2n) is 6.40. The molecule has 1 saturated heterocycles. The lowest BCUT2D eigenvalue weighted by atomic mass is 9.81. The van der Waals surface area contributed by atoms with Crippen molar-refractivity contribution in [3.8, 4) is 0 Å². The molecule has 7 heteroatoms. The number of Topliss-reactive ketones (excluding diaryl/α,β-unsaturated/α-hetero) is 1. The molecule has 1 fully saturated rings. The van der Waals surface area contributed by atoms with E-state index in [0.717, 1.165) is 34.1 Å². The number of anilines is 1. The molecule has 0 unspecified atom stereocenters. The number of thiophene rings is 1. The van der Waals surface area contributed by atoms with Gasteiger partial charge in [-0.15, -0.1) is 11.3 Å². The lowest BCUT2D eigenvalue weighted by molar-refractivity contribution is 0.0974. The molecule has 2 aliphatic rings. The van der Waals surface area contributed by atoms with Crippen LogP contribution in [-0.4, -0.2) is 32.1 Å². The maximum atomic E-state index is 12.6. The molecule has 4 rings (SSSR count). The molecule has 1 atom stereocenters. The van der Waals surface area contributed by atoms with Crippen molar-refractivity contribution < 1.29 is 9.53 Å². The molecule has 1 aromatic carbocycles. The van der Waals surface area contributed by atoms with Gasteiger partial charge in [-0.1, -0.05) is 29.3 Å². The van der Waals surface area contributed by atoms with Gasteiger partial charge in [-0.3, -0.25) is 4.79 Å². The molecule has 134 valence electrons. The quantitative estimate of drug-likeness (QED) is 0.612. The number of morpholine rings is 1. The molecule has 0 bridgehead atoms. The highest BCUT2D eigenvalue weighted by Crippen LogP contribution is 2.52. The minimum atomic E-state index is -0.00685. The lowest BCUT2D eigenvalue weighted by Gasteiger charge is -2.28. The van der Waals surface area contributed by atoms with E-state index in [4.69, 9.17) is 34.5 Å². The molecular weight excluding hydrogens is 391 g/mol. The first kappa shape index (κ1) is 17.8. The van der Waals surface area contributed by atoms with Crippen molar-refractivity contribution in [3.63, 3.8) is 0 Å². The van der Waals surface area contributed by atoms with Gasteiger partial charge >= 0.3 is 0 Å². The number of ether oxygens (including phenoxy) is 1. The number of ketones is 1. The Hall–Kier alpha value is -1.58. The number of nitrogens with zero attached hydrogens (tertiary/aromatic N) is 2. The van der Waals surface area contributed by atoms with Crippen molar-refractivity contribution in [1.29, 1.82) is 0 Å². The van der Waals surface area contributed by atoms with Gasteiger partial charge in [0, 0.05) is 25.4 Å². The van der Waals surface area contributed by atoms with Crippen LogP contribution in [0.4, 0.5) is 10.7 Å². The lowest BCUT2D eigenvalue weighted by Crippen LogP contribution is -2.35. The summed E-state index contributed by atoms with van der Waals surface area (Å²) >= 11 is 13.7. The number of hydrogen-bond donors (Lipinski definition) is 0. The minimum Gasteiger partial charge on any atom is -0.378 e. The van der Waals surface area contributed by atoms with E-state index in [-0.39, 0.29) is 11.7 Å². The van der Waals surface area contributed by atoms with E-state index in [1.165, 1.54) is 11.3 Å². The van der Waals surface area contributed by atoms with Crippen molar-refractivity contribution in [2.45, 2.75) is 18.8 Å². The van der Waals surface area contributed by atoms with E-state index in [1.54, 1.807) is 6.07 Å². The summed E-state index contributed by atoms with van der Waals surface area (Å²) in [6.07, 6.45) is 1.17. The van der Waals surface area contributed by atoms with Crippen LogP contribution in [0, 0.1) is 6.57 Å². The van der Waals surface area contributed by atoms with Gasteiger partial charge in [0.05, 0.1) is 39.7 Å². The average molecular weight is 407 g/mol. The highest BCUT2D eigenvalue weighted by molar-refractivity contribution is 7.19. The molecule has 1 aliphatic heterocycles. The Balaban J connectivity index is 1.84. The Kier molecular flexibility index (Phi) is 4.94. The second kappa shape index (κ2) is 7.21. The number of rotatable bonds is 2. The van der Waals surface area contributed by atoms with E-state index in [0.29, 0.717) is 41.8 Å². The highest BCUT2D eigenvalue weighted by atomic mass is 35.5. The number of carbonyl (C=O) groups excluding carboxylic acids is 1. The molecule has 1 aromatic heterocycles. The summed E-state index contributed by atoms with van der Waals surface area (Å²) in [6, 6.07) is 5.58.